The molecule has 0 fully saturated rings. The Bertz CT molecular complexity index is 789. The largest absolute Gasteiger partial charge is 0.359 e. The van der Waals surface area contributed by atoms with Crippen molar-refractivity contribution >= 4 is 29.2 Å². The number of pyridine rings is 1. The highest BCUT2D eigenvalue weighted by molar-refractivity contribution is 7.78. The number of anilines is 2. The third kappa shape index (κ3) is 5.19. The lowest BCUT2D eigenvalue weighted by Gasteiger charge is -2.30. The van der Waals surface area contributed by atoms with Crippen LogP contribution in [0, 0.1) is 13.8 Å². The summed E-state index contributed by atoms with van der Waals surface area (Å²) in [6, 6.07) is 2.09. The van der Waals surface area contributed by atoms with Crippen molar-refractivity contribution in [1.82, 2.24) is 20.1 Å². The van der Waals surface area contributed by atoms with Gasteiger partial charge in [-0.05, 0) is 64.3 Å². The molecule has 0 bridgehead atoms. The van der Waals surface area contributed by atoms with Crippen LogP contribution in [0.25, 0.3) is 0 Å². The zero-order chi connectivity index (χ0) is 20.5. The van der Waals surface area contributed by atoms with E-state index in [-0.39, 0.29) is 0 Å². The second-order valence-corrected chi connectivity index (χ2v) is 7.31. The van der Waals surface area contributed by atoms with Gasteiger partial charge in [-0.15, -0.1) is 0 Å². The van der Waals surface area contributed by atoms with Gasteiger partial charge in [0.05, 0.1) is 16.9 Å². The van der Waals surface area contributed by atoms with Crippen molar-refractivity contribution in [2.24, 2.45) is 7.05 Å². The number of hydrogen-bond donors (Lipinski definition) is 1. The van der Waals surface area contributed by atoms with Crippen LogP contribution >= 0.6 is 12.2 Å². The molecule has 1 N–H and O–H groups in total. The molecule has 0 saturated heterocycles. The highest BCUT2D eigenvalue weighted by Crippen LogP contribution is 2.37. The maximum atomic E-state index is 4.86. The minimum absolute atomic E-state index is 1.03. The van der Waals surface area contributed by atoms with E-state index in [9.17, 15) is 0 Å². The van der Waals surface area contributed by atoms with Gasteiger partial charge in [0.1, 0.15) is 0 Å². The van der Waals surface area contributed by atoms with Crippen LogP contribution in [0.2, 0.25) is 0 Å². The van der Waals surface area contributed by atoms with E-state index in [0.29, 0.717) is 0 Å². The Morgan fingerprint density at radius 2 is 2.11 bits per heavy atom. The van der Waals surface area contributed by atoms with E-state index in [0.717, 1.165) is 30.9 Å². The molecular formula is C22H33N5S. The topological polar surface area (TPSA) is 46.0 Å². The predicted octanol–water partition coefficient (Wildman–Crippen LogP) is 4.93. The Hall–Kier alpha value is -2.21. The van der Waals surface area contributed by atoms with Crippen LogP contribution in [-0.4, -0.2) is 26.8 Å². The van der Waals surface area contributed by atoms with Crippen molar-refractivity contribution in [3.05, 3.63) is 47.1 Å². The Balaban J connectivity index is 0.000000409. The lowest BCUT2D eigenvalue weighted by molar-refractivity contribution is 0.673. The Labute approximate surface area is 174 Å². The van der Waals surface area contributed by atoms with Crippen LogP contribution in [-0.2, 0) is 19.9 Å². The fraction of sp³-hybridized carbons (Fsp3) is 0.500. The summed E-state index contributed by atoms with van der Waals surface area (Å²) in [6.07, 6.45) is 11.5. The van der Waals surface area contributed by atoms with Crippen LogP contribution in [0.5, 0.6) is 0 Å². The number of allylic oxidation sites excluding steroid dienone is 1. The van der Waals surface area contributed by atoms with E-state index < -0.39 is 0 Å². The summed E-state index contributed by atoms with van der Waals surface area (Å²) in [5.74, 6) is 1.15. The molecule has 0 unspecified atom stereocenters. The summed E-state index contributed by atoms with van der Waals surface area (Å²) in [7, 11) is 2.09. The van der Waals surface area contributed by atoms with Gasteiger partial charge in [-0.25, -0.2) is 0 Å². The van der Waals surface area contributed by atoms with Gasteiger partial charge < -0.3 is 10.2 Å². The van der Waals surface area contributed by atoms with Crippen LogP contribution in [0.1, 0.15) is 55.6 Å². The number of fused-ring (bicyclic) bond motifs is 1. The highest BCUT2D eigenvalue weighted by Gasteiger charge is 2.27. The molecule has 28 heavy (non-hydrogen) atoms. The molecule has 0 saturated carbocycles. The number of nitrogens with zero attached hydrogens (tertiary/aromatic N) is 4. The molecule has 0 aliphatic carbocycles. The molecule has 0 aromatic carbocycles. The van der Waals surface area contributed by atoms with E-state index >= 15 is 0 Å². The molecule has 5 nitrogen and oxygen atoms in total. The predicted molar refractivity (Wildman–Crippen MR) is 122 cm³/mol. The van der Waals surface area contributed by atoms with Gasteiger partial charge >= 0.3 is 0 Å². The second-order valence-electron chi connectivity index (χ2n) is 7.08. The highest BCUT2D eigenvalue weighted by atomic mass is 32.1. The molecule has 6 heteroatoms. The number of thiocarbonyl (C=S) groups is 1. The Morgan fingerprint density at radius 3 is 2.71 bits per heavy atom. The molecular weight excluding hydrogens is 366 g/mol. The fourth-order valence-electron chi connectivity index (χ4n) is 3.68. The first-order chi connectivity index (χ1) is 13.5. The van der Waals surface area contributed by atoms with E-state index in [4.69, 9.17) is 5.10 Å². The van der Waals surface area contributed by atoms with Gasteiger partial charge in [0, 0.05) is 31.0 Å². The summed E-state index contributed by atoms with van der Waals surface area (Å²) in [5.41, 5.74) is 7.93. The van der Waals surface area contributed by atoms with Gasteiger partial charge in [-0.3, -0.25) is 9.67 Å². The molecule has 152 valence electrons. The standard InChI is InChI=1S/C18H26N4.C4H7NS/c1-5-6-9-16-15-8-7-12-22(18(15)20-21(16)4)17-13(2)10-11-19-14(17)3;1-2-3-5-4-6/h10-11H,5-9,12H2,1-4H3;2-4H,1H3,(H,5,6)/b;3-2-. The molecule has 1 aliphatic rings. The van der Waals surface area contributed by atoms with Crippen LogP contribution in [0.3, 0.4) is 0 Å². The lowest BCUT2D eigenvalue weighted by atomic mass is 10.0. The SMILES string of the molecule is C/C=C\NC=S.CCCCc1c2c(nn1C)N(c1c(C)ccnc1C)CCC2. The van der Waals surface area contributed by atoms with Gasteiger partial charge in [0.15, 0.2) is 5.82 Å². The first-order valence-electron chi connectivity index (χ1n) is 10.1. The van der Waals surface area contributed by atoms with Gasteiger partial charge in [0.25, 0.3) is 0 Å². The van der Waals surface area contributed by atoms with E-state index in [2.05, 4.69) is 66.0 Å². The average molecular weight is 400 g/mol. The Morgan fingerprint density at radius 1 is 1.32 bits per heavy atom. The van der Waals surface area contributed by atoms with E-state index in [1.165, 1.54) is 47.3 Å². The first kappa shape index (κ1) is 22.1. The molecule has 2 aromatic rings. The number of unbranched alkanes of at least 4 members (excludes halogenated alkanes) is 1. The van der Waals surface area contributed by atoms with Crippen molar-refractivity contribution in [2.45, 2.75) is 59.8 Å². The smallest absolute Gasteiger partial charge is 0.158 e. The molecule has 2 aromatic heterocycles. The van der Waals surface area contributed by atoms with E-state index in [1.54, 1.807) is 6.20 Å². The number of aryl methyl sites for hydroxylation is 3. The van der Waals surface area contributed by atoms with Crippen LogP contribution in [0.15, 0.2) is 24.5 Å². The molecule has 3 rings (SSSR count). The van der Waals surface area contributed by atoms with Crippen molar-refractivity contribution in [3.63, 3.8) is 0 Å². The normalized spacial score (nSPS) is 13.1. The third-order valence-corrected chi connectivity index (χ3v) is 5.13. The summed E-state index contributed by atoms with van der Waals surface area (Å²) < 4.78 is 2.10. The molecule has 0 amide bonds. The van der Waals surface area contributed by atoms with Gasteiger partial charge in [0.2, 0.25) is 0 Å². The molecule has 1 aliphatic heterocycles. The molecule has 0 spiro atoms. The number of hydrogen-bond acceptors (Lipinski definition) is 4. The maximum Gasteiger partial charge on any atom is 0.158 e. The molecule has 0 radical (unpaired) electrons. The van der Waals surface area contributed by atoms with Crippen LogP contribution in [0.4, 0.5) is 11.5 Å². The van der Waals surface area contributed by atoms with Gasteiger partial charge in [-0.1, -0.05) is 31.6 Å². The second kappa shape index (κ2) is 11.0. The average Bonchev–Trinajstić information content (AvgIpc) is 3.01. The van der Waals surface area contributed by atoms with Gasteiger partial charge in [-0.2, -0.15) is 5.10 Å². The zero-order valence-electron chi connectivity index (χ0n) is 17.8. The summed E-state index contributed by atoms with van der Waals surface area (Å²) in [6.45, 7) is 9.46. The zero-order valence-corrected chi connectivity index (χ0v) is 18.6. The third-order valence-electron chi connectivity index (χ3n) is 4.99. The van der Waals surface area contributed by atoms with Crippen LogP contribution < -0.4 is 10.2 Å². The molecule has 0 atom stereocenters. The molecule has 3 heterocycles. The minimum atomic E-state index is 1.03. The summed E-state index contributed by atoms with van der Waals surface area (Å²) >= 11 is 4.43. The maximum absolute atomic E-state index is 4.86. The van der Waals surface area contributed by atoms with E-state index in [1.807, 2.05) is 19.2 Å². The number of rotatable bonds is 6. The van der Waals surface area contributed by atoms with Crippen molar-refractivity contribution < 1.29 is 0 Å². The number of aromatic nitrogens is 3. The number of nitrogens with one attached hydrogen (secondary N) is 1. The van der Waals surface area contributed by atoms with Crippen molar-refractivity contribution in [3.8, 4) is 0 Å². The Kier molecular flexibility index (Phi) is 8.64. The minimum Gasteiger partial charge on any atom is -0.359 e. The monoisotopic (exact) mass is 399 g/mol. The first-order valence-corrected chi connectivity index (χ1v) is 10.6. The summed E-state index contributed by atoms with van der Waals surface area (Å²) in [5, 5.41) is 7.57. The summed E-state index contributed by atoms with van der Waals surface area (Å²) in [4.78, 5) is 6.87. The van der Waals surface area contributed by atoms with Crippen molar-refractivity contribution in [2.75, 3.05) is 11.4 Å². The quantitative estimate of drug-likeness (QED) is 0.698. The van der Waals surface area contributed by atoms with Crippen molar-refractivity contribution in [1.29, 1.82) is 0 Å². The fourth-order valence-corrected chi connectivity index (χ4v) is 3.76. The lowest BCUT2D eigenvalue weighted by Crippen LogP contribution is -2.26.